The van der Waals surface area contributed by atoms with Gasteiger partial charge in [0.2, 0.25) is 5.95 Å². The monoisotopic (exact) mass is 460 g/mol. The molecular formula is C25H25FN6O2. The molecule has 174 valence electrons. The number of rotatable bonds is 5. The Bertz CT molecular complexity index is 1230. The summed E-state index contributed by atoms with van der Waals surface area (Å²) in [5.41, 5.74) is 3.54. The number of halogens is 1. The summed E-state index contributed by atoms with van der Waals surface area (Å²) in [4.78, 5) is 24.3. The van der Waals surface area contributed by atoms with Crippen molar-refractivity contribution in [1.29, 1.82) is 0 Å². The number of carbonyl (C=O) groups excluding carboxylic acids is 1. The number of amides is 1. The lowest BCUT2D eigenvalue weighted by Gasteiger charge is -2.26. The number of benzene rings is 1. The van der Waals surface area contributed by atoms with Gasteiger partial charge < -0.3 is 15.0 Å². The first kappa shape index (κ1) is 22.0. The van der Waals surface area contributed by atoms with Crippen molar-refractivity contribution < 1.29 is 13.9 Å². The number of morpholine rings is 1. The molecule has 1 aliphatic heterocycles. The van der Waals surface area contributed by atoms with E-state index in [0.29, 0.717) is 24.7 Å². The number of nitrogens with one attached hydrogen (secondary N) is 1. The maximum absolute atomic E-state index is 13.4. The first-order valence-corrected chi connectivity index (χ1v) is 11.3. The van der Waals surface area contributed by atoms with Crippen molar-refractivity contribution in [2.75, 3.05) is 31.2 Å². The van der Waals surface area contributed by atoms with Gasteiger partial charge in [0.1, 0.15) is 5.82 Å². The third-order valence-corrected chi connectivity index (χ3v) is 5.79. The molecule has 0 bridgehead atoms. The molecule has 2 aromatic heterocycles. The van der Waals surface area contributed by atoms with Gasteiger partial charge in [-0.15, -0.1) is 0 Å². The van der Waals surface area contributed by atoms with Gasteiger partial charge in [-0.2, -0.15) is 5.10 Å². The Balaban J connectivity index is 1.34. The molecule has 9 heteroatoms. The van der Waals surface area contributed by atoms with E-state index in [9.17, 15) is 9.18 Å². The van der Waals surface area contributed by atoms with Gasteiger partial charge in [-0.25, -0.2) is 19.0 Å². The number of ether oxygens (including phenoxy) is 1. The van der Waals surface area contributed by atoms with Crippen LogP contribution in [-0.4, -0.2) is 52.0 Å². The molecule has 8 nitrogen and oxygen atoms in total. The van der Waals surface area contributed by atoms with Crippen molar-refractivity contribution in [2.45, 2.75) is 19.4 Å². The van der Waals surface area contributed by atoms with Gasteiger partial charge in [-0.05, 0) is 49.2 Å². The molecule has 1 N–H and O–H groups in total. The standard InChI is InChI=1S/C25H25FN6O2/c26-18-6-8-20(9-7-18)32-23-5-3-1-2-4-21(22(23)17-29-32)24(33)28-16-19-10-11-27-25(30-19)31-12-14-34-15-13-31/h3-11,17H,1-2,12-16H2,(H,28,33). The summed E-state index contributed by atoms with van der Waals surface area (Å²) >= 11 is 0. The lowest BCUT2D eigenvalue weighted by molar-refractivity contribution is -0.115. The van der Waals surface area contributed by atoms with Crippen LogP contribution in [0.5, 0.6) is 0 Å². The number of hydrogen-bond donors (Lipinski definition) is 1. The van der Waals surface area contributed by atoms with E-state index in [1.165, 1.54) is 12.1 Å². The van der Waals surface area contributed by atoms with Crippen molar-refractivity contribution in [3.05, 3.63) is 77.6 Å². The topological polar surface area (TPSA) is 85.2 Å². The van der Waals surface area contributed by atoms with Crippen LogP contribution in [0.15, 0.2) is 54.9 Å². The van der Waals surface area contributed by atoms with Crippen LogP contribution in [0.4, 0.5) is 10.3 Å². The summed E-state index contributed by atoms with van der Waals surface area (Å²) in [7, 11) is 0. The molecule has 34 heavy (non-hydrogen) atoms. The molecule has 1 fully saturated rings. The van der Waals surface area contributed by atoms with Crippen molar-refractivity contribution in [3.63, 3.8) is 0 Å². The molecule has 2 aliphatic rings. The molecule has 5 rings (SSSR count). The minimum atomic E-state index is -0.309. The number of allylic oxidation sites excluding steroid dienone is 2. The summed E-state index contributed by atoms with van der Waals surface area (Å²) in [6.07, 6.45) is 10.9. The largest absolute Gasteiger partial charge is 0.378 e. The zero-order chi connectivity index (χ0) is 23.3. The third kappa shape index (κ3) is 4.74. The number of carbonyl (C=O) groups is 1. The molecule has 1 aliphatic carbocycles. The van der Waals surface area contributed by atoms with Crippen LogP contribution in [0.1, 0.15) is 29.8 Å². The SMILES string of the molecule is O=C(NCc1ccnc(N2CCOCC2)n1)C1=CCCC=Cc2c1cnn2-c1ccc(F)cc1. The van der Waals surface area contributed by atoms with E-state index in [1.54, 1.807) is 35.3 Å². The number of hydrogen-bond acceptors (Lipinski definition) is 6. The molecule has 1 aromatic carbocycles. The van der Waals surface area contributed by atoms with E-state index in [-0.39, 0.29) is 18.3 Å². The highest BCUT2D eigenvalue weighted by Crippen LogP contribution is 2.26. The van der Waals surface area contributed by atoms with E-state index >= 15 is 0 Å². The van der Waals surface area contributed by atoms with Crippen LogP contribution in [0.3, 0.4) is 0 Å². The second-order valence-electron chi connectivity index (χ2n) is 8.06. The number of fused-ring (bicyclic) bond motifs is 1. The van der Waals surface area contributed by atoms with Gasteiger partial charge in [0, 0.05) is 30.4 Å². The summed E-state index contributed by atoms with van der Waals surface area (Å²) in [5.74, 6) is 0.144. The molecule has 1 saturated heterocycles. The zero-order valence-electron chi connectivity index (χ0n) is 18.7. The lowest BCUT2D eigenvalue weighted by Crippen LogP contribution is -2.37. The Morgan fingerprint density at radius 1 is 1.12 bits per heavy atom. The highest BCUT2D eigenvalue weighted by molar-refractivity contribution is 6.20. The van der Waals surface area contributed by atoms with Crippen molar-refractivity contribution in [2.24, 2.45) is 0 Å². The normalized spacial score (nSPS) is 15.8. The van der Waals surface area contributed by atoms with Crippen molar-refractivity contribution >= 4 is 23.5 Å². The smallest absolute Gasteiger partial charge is 0.252 e. The maximum Gasteiger partial charge on any atom is 0.252 e. The highest BCUT2D eigenvalue weighted by atomic mass is 19.1. The van der Waals surface area contributed by atoms with E-state index in [2.05, 4.69) is 31.4 Å². The van der Waals surface area contributed by atoms with Gasteiger partial charge in [0.25, 0.3) is 5.91 Å². The Morgan fingerprint density at radius 3 is 2.76 bits per heavy atom. The molecule has 0 radical (unpaired) electrons. The summed E-state index contributed by atoms with van der Waals surface area (Å²) in [6.45, 7) is 3.09. The van der Waals surface area contributed by atoms with Crippen LogP contribution in [-0.2, 0) is 16.1 Å². The van der Waals surface area contributed by atoms with Crippen LogP contribution in [0, 0.1) is 5.82 Å². The second-order valence-corrected chi connectivity index (χ2v) is 8.06. The van der Waals surface area contributed by atoms with Gasteiger partial charge in [0.05, 0.1) is 43.0 Å². The number of aromatic nitrogens is 4. The fourth-order valence-electron chi connectivity index (χ4n) is 4.02. The fourth-order valence-corrected chi connectivity index (χ4v) is 4.02. The second kappa shape index (κ2) is 9.96. The van der Waals surface area contributed by atoms with Crippen LogP contribution in [0.25, 0.3) is 17.3 Å². The first-order chi connectivity index (χ1) is 16.7. The van der Waals surface area contributed by atoms with Crippen LogP contribution < -0.4 is 10.2 Å². The molecule has 0 unspecified atom stereocenters. The van der Waals surface area contributed by atoms with Crippen LogP contribution >= 0.6 is 0 Å². The van der Waals surface area contributed by atoms with Crippen molar-refractivity contribution in [1.82, 2.24) is 25.1 Å². The summed E-state index contributed by atoms with van der Waals surface area (Å²) < 4.78 is 20.5. The molecule has 3 heterocycles. The third-order valence-electron chi connectivity index (χ3n) is 5.79. The molecule has 0 spiro atoms. The first-order valence-electron chi connectivity index (χ1n) is 11.3. The van der Waals surface area contributed by atoms with Crippen LogP contribution in [0.2, 0.25) is 0 Å². The van der Waals surface area contributed by atoms with E-state index < -0.39 is 0 Å². The lowest BCUT2D eigenvalue weighted by atomic mass is 10.0. The van der Waals surface area contributed by atoms with E-state index in [1.807, 2.05) is 12.2 Å². The summed E-state index contributed by atoms with van der Waals surface area (Å²) in [6, 6.07) is 7.93. The Morgan fingerprint density at radius 2 is 1.94 bits per heavy atom. The van der Waals surface area contributed by atoms with Crippen molar-refractivity contribution in [3.8, 4) is 5.69 Å². The molecule has 0 saturated carbocycles. The predicted octanol–water partition coefficient (Wildman–Crippen LogP) is 3.14. The predicted molar refractivity (Wildman–Crippen MR) is 127 cm³/mol. The maximum atomic E-state index is 13.4. The molecule has 1 amide bonds. The van der Waals surface area contributed by atoms with Gasteiger partial charge >= 0.3 is 0 Å². The van der Waals surface area contributed by atoms with Gasteiger partial charge in [-0.3, -0.25) is 4.79 Å². The van der Waals surface area contributed by atoms with Gasteiger partial charge in [0.15, 0.2) is 0 Å². The number of nitrogens with zero attached hydrogens (tertiary/aromatic N) is 5. The quantitative estimate of drug-likeness (QED) is 0.630. The van der Waals surface area contributed by atoms with Gasteiger partial charge in [-0.1, -0.05) is 12.2 Å². The minimum Gasteiger partial charge on any atom is -0.378 e. The summed E-state index contributed by atoms with van der Waals surface area (Å²) in [5, 5.41) is 7.47. The fraction of sp³-hybridized carbons (Fsp3) is 0.280. The molecular weight excluding hydrogens is 435 g/mol. The Hall–Kier alpha value is -3.85. The zero-order valence-corrected chi connectivity index (χ0v) is 18.7. The average Bonchev–Trinajstić information content (AvgIpc) is 3.26. The Labute approximate surface area is 196 Å². The minimum absolute atomic E-state index is 0.193. The van der Waals surface area contributed by atoms with E-state index in [4.69, 9.17) is 4.74 Å². The average molecular weight is 461 g/mol. The Kier molecular flexibility index (Phi) is 6.44. The van der Waals surface area contributed by atoms with E-state index in [0.717, 1.165) is 48.6 Å². The molecule has 3 aromatic rings. The molecule has 0 atom stereocenters. The highest BCUT2D eigenvalue weighted by Gasteiger charge is 2.21. The number of anilines is 1.